The van der Waals surface area contributed by atoms with Crippen LogP contribution in [-0.2, 0) is 11.3 Å². The molecule has 2 rings (SSSR count). The number of amides is 1. The van der Waals surface area contributed by atoms with Crippen LogP contribution in [0.5, 0.6) is 11.5 Å². The molecule has 1 aliphatic rings. The van der Waals surface area contributed by atoms with Crippen molar-refractivity contribution >= 4 is 5.91 Å². The molecule has 1 amide bonds. The van der Waals surface area contributed by atoms with Gasteiger partial charge in [0, 0.05) is 18.2 Å². The number of ether oxygens (including phenoxy) is 2. The highest BCUT2D eigenvalue weighted by Gasteiger charge is 2.48. The monoisotopic (exact) mass is 335 g/mol. The molecule has 0 saturated carbocycles. The number of fused-ring (bicyclic) bond motifs is 1. The predicted molar refractivity (Wildman–Crippen MR) is 74.1 cm³/mol. The van der Waals surface area contributed by atoms with Crippen LogP contribution in [0.1, 0.15) is 19.4 Å². The van der Waals surface area contributed by atoms with Crippen molar-refractivity contribution in [1.82, 2.24) is 4.90 Å². The number of hydrogen-bond donors (Lipinski definition) is 0. The van der Waals surface area contributed by atoms with Crippen LogP contribution in [0.15, 0.2) is 18.2 Å². The molecule has 1 atom stereocenters. The highest BCUT2D eigenvalue weighted by molar-refractivity contribution is 5.82. The summed E-state index contributed by atoms with van der Waals surface area (Å²) >= 11 is 0. The molecule has 0 radical (unpaired) electrons. The Hall–Kier alpha value is -1.99. The van der Waals surface area contributed by atoms with E-state index in [0.717, 1.165) is 4.90 Å². The topological polar surface area (TPSA) is 38.8 Å². The molecule has 1 unspecified atom stereocenters. The molecule has 0 saturated heterocycles. The molecule has 23 heavy (non-hydrogen) atoms. The van der Waals surface area contributed by atoms with Gasteiger partial charge >= 0.3 is 6.18 Å². The van der Waals surface area contributed by atoms with Gasteiger partial charge in [-0.05, 0) is 26.0 Å². The number of carbonyl (C=O) groups is 1. The first kappa shape index (κ1) is 17.4. The fraction of sp³-hybridized carbons (Fsp3) is 0.533. The minimum atomic E-state index is -5.23. The van der Waals surface area contributed by atoms with Gasteiger partial charge in [-0.1, -0.05) is 0 Å². The van der Waals surface area contributed by atoms with Crippen molar-refractivity contribution in [3.63, 3.8) is 0 Å². The predicted octanol–water partition coefficient (Wildman–Crippen LogP) is 3.10. The second-order valence-electron chi connectivity index (χ2n) is 5.93. The van der Waals surface area contributed by atoms with E-state index in [1.54, 1.807) is 32.0 Å². The second kappa shape index (κ2) is 5.90. The third kappa shape index (κ3) is 3.86. The van der Waals surface area contributed by atoms with Crippen molar-refractivity contribution in [3.05, 3.63) is 23.8 Å². The van der Waals surface area contributed by atoms with E-state index in [-0.39, 0.29) is 13.1 Å². The maximum absolute atomic E-state index is 13.4. The van der Waals surface area contributed by atoms with Gasteiger partial charge < -0.3 is 14.4 Å². The fourth-order valence-corrected chi connectivity index (χ4v) is 2.39. The smallest absolute Gasteiger partial charge is 0.428 e. The first-order valence-corrected chi connectivity index (χ1v) is 6.89. The van der Waals surface area contributed by atoms with Gasteiger partial charge in [0.15, 0.2) is 0 Å². The average Bonchev–Trinajstić information content (AvgIpc) is 2.58. The molecule has 4 nitrogen and oxygen atoms in total. The summed E-state index contributed by atoms with van der Waals surface area (Å²) in [4.78, 5) is 12.7. The Labute approximate surface area is 131 Å². The van der Waals surface area contributed by atoms with Crippen LogP contribution in [0.4, 0.5) is 17.6 Å². The lowest BCUT2D eigenvalue weighted by atomic mass is 10.1. The Morgan fingerprint density at radius 1 is 1.39 bits per heavy atom. The van der Waals surface area contributed by atoms with Crippen molar-refractivity contribution < 1.29 is 31.8 Å². The van der Waals surface area contributed by atoms with Gasteiger partial charge in [-0.3, -0.25) is 4.79 Å². The molecular formula is C15H17F4NO3. The van der Waals surface area contributed by atoms with E-state index in [2.05, 4.69) is 0 Å². The lowest BCUT2D eigenvalue weighted by Crippen LogP contribution is -2.49. The number of nitrogens with zero attached hydrogens (tertiary/aromatic N) is 1. The van der Waals surface area contributed by atoms with Crippen LogP contribution < -0.4 is 9.47 Å². The molecule has 0 N–H and O–H groups in total. The first-order chi connectivity index (χ1) is 10.5. The van der Waals surface area contributed by atoms with Gasteiger partial charge in [0.1, 0.15) is 17.1 Å². The van der Waals surface area contributed by atoms with E-state index in [0.29, 0.717) is 17.1 Å². The minimum Gasteiger partial charge on any atom is -0.497 e. The summed E-state index contributed by atoms with van der Waals surface area (Å²) in [6.07, 6.45) is -8.77. The largest absolute Gasteiger partial charge is 0.497 e. The number of methoxy groups -OCH3 is 1. The van der Waals surface area contributed by atoms with Gasteiger partial charge in [0.25, 0.3) is 12.1 Å². The Kier molecular flexibility index (Phi) is 4.45. The van der Waals surface area contributed by atoms with E-state index in [9.17, 15) is 22.4 Å². The summed E-state index contributed by atoms with van der Waals surface area (Å²) in [5, 5.41) is 0. The highest BCUT2D eigenvalue weighted by Crippen LogP contribution is 2.34. The van der Waals surface area contributed by atoms with E-state index in [1.165, 1.54) is 7.11 Å². The van der Waals surface area contributed by atoms with Crippen LogP contribution >= 0.6 is 0 Å². The van der Waals surface area contributed by atoms with Gasteiger partial charge in [-0.15, -0.1) is 0 Å². The SMILES string of the molecule is COc1ccc2c(c1)OC(C)(C)CN(C(=O)C(F)C(F)(F)F)C2. The molecular weight excluding hydrogens is 318 g/mol. The van der Waals surface area contributed by atoms with Crippen molar-refractivity contribution in [1.29, 1.82) is 0 Å². The lowest BCUT2D eigenvalue weighted by Gasteiger charge is -2.30. The highest BCUT2D eigenvalue weighted by atomic mass is 19.4. The standard InChI is InChI=1S/C15H17F4NO3/c1-14(2)8-20(13(21)12(16)15(17,18)19)7-9-4-5-10(22-3)6-11(9)23-14/h4-6,12H,7-8H2,1-3H3. The Balaban J connectivity index is 2.34. The summed E-state index contributed by atoms with van der Waals surface area (Å²) < 4.78 is 61.6. The number of alkyl halides is 4. The van der Waals surface area contributed by atoms with Gasteiger partial charge in [0.2, 0.25) is 0 Å². The third-order valence-corrected chi connectivity index (χ3v) is 3.41. The Bertz CT molecular complexity index is 601. The normalized spacial score (nSPS) is 18.5. The molecule has 8 heteroatoms. The van der Waals surface area contributed by atoms with Crippen LogP contribution in [0, 0.1) is 0 Å². The lowest BCUT2D eigenvalue weighted by molar-refractivity contribution is -0.194. The van der Waals surface area contributed by atoms with E-state index in [1.807, 2.05) is 0 Å². The maximum Gasteiger partial charge on any atom is 0.428 e. The quantitative estimate of drug-likeness (QED) is 0.780. The van der Waals surface area contributed by atoms with Crippen molar-refractivity contribution in [3.8, 4) is 11.5 Å². The summed E-state index contributed by atoms with van der Waals surface area (Å²) in [5.74, 6) is -0.706. The van der Waals surface area contributed by atoms with Gasteiger partial charge in [0.05, 0.1) is 13.7 Å². The Morgan fingerprint density at radius 3 is 2.61 bits per heavy atom. The first-order valence-electron chi connectivity index (χ1n) is 6.89. The van der Waals surface area contributed by atoms with Crippen LogP contribution in [0.3, 0.4) is 0 Å². The number of halogens is 4. The summed E-state index contributed by atoms with van der Waals surface area (Å²) in [6, 6.07) is 4.76. The average molecular weight is 335 g/mol. The molecule has 0 bridgehead atoms. The number of rotatable bonds is 2. The third-order valence-electron chi connectivity index (χ3n) is 3.41. The molecule has 1 aliphatic heterocycles. The van der Waals surface area contributed by atoms with Crippen molar-refractivity contribution in [2.24, 2.45) is 0 Å². The molecule has 0 aliphatic carbocycles. The van der Waals surface area contributed by atoms with Crippen molar-refractivity contribution in [2.75, 3.05) is 13.7 Å². The summed E-state index contributed by atoms with van der Waals surface area (Å²) in [7, 11) is 1.47. The number of carbonyl (C=O) groups excluding carboxylic acids is 1. The zero-order valence-electron chi connectivity index (χ0n) is 12.9. The van der Waals surface area contributed by atoms with Gasteiger partial charge in [-0.25, -0.2) is 4.39 Å². The summed E-state index contributed by atoms with van der Waals surface area (Å²) in [6.45, 7) is 2.89. The van der Waals surface area contributed by atoms with E-state index < -0.39 is 23.9 Å². The van der Waals surface area contributed by atoms with Gasteiger partial charge in [-0.2, -0.15) is 13.2 Å². The molecule has 0 spiro atoms. The van der Waals surface area contributed by atoms with E-state index in [4.69, 9.17) is 9.47 Å². The molecule has 1 aromatic carbocycles. The zero-order chi connectivity index (χ0) is 17.4. The molecule has 0 fully saturated rings. The fourth-order valence-electron chi connectivity index (χ4n) is 2.39. The van der Waals surface area contributed by atoms with Crippen LogP contribution in [-0.4, -0.2) is 42.4 Å². The molecule has 0 aromatic heterocycles. The van der Waals surface area contributed by atoms with Crippen LogP contribution in [0.2, 0.25) is 0 Å². The van der Waals surface area contributed by atoms with Crippen LogP contribution in [0.25, 0.3) is 0 Å². The molecule has 1 heterocycles. The molecule has 128 valence electrons. The Morgan fingerprint density at radius 2 is 2.04 bits per heavy atom. The second-order valence-corrected chi connectivity index (χ2v) is 5.93. The minimum absolute atomic E-state index is 0.167. The molecule has 1 aromatic rings. The number of benzene rings is 1. The zero-order valence-corrected chi connectivity index (χ0v) is 12.9. The summed E-state index contributed by atoms with van der Waals surface area (Å²) in [5.41, 5.74) is -0.488. The van der Waals surface area contributed by atoms with E-state index >= 15 is 0 Å². The number of hydrogen-bond acceptors (Lipinski definition) is 3. The maximum atomic E-state index is 13.4. The van der Waals surface area contributed by atoms with Crippen molar-refractivity contribution in [2.45, 2.75) is 38.3 Å².